The van der Waals surface area contributed by atoms with Gasteiger partial charge in [0.25, 0.3) is 0 Å². The standard InChI is InChI=1S/C20H21N3S.ClH/c1-2-4-17(5-3-1)20-7-6-18(24-20)15-23-13-12-22-14-19(23)16-8-10-21-11-9-16;/h1-11,19,22H,12-15H2;1H. The van der Waals surface area contributed by atoms with E-state index in [0.29, 0.717) is 6.04 Å². The lowest BCUT2D eigenvalue weighted by Gasteiger charge is -2.36. The molecule has 0 spiro atoms. The summed E-state index contributed by atoms with van der Waals surface area (Å²) in [5, 5.41) is 3.52. The molecule has 130 valence electrons. The molecule has 25 heavy (non-hydrogen) atoms. The van der Waals surface area contributed by atoms with Gasteiger partial charge in [0.2, 0.25) is 0 Å². The van der Waals surface area contributed by atoms with Crippen LogP contribution in [0.2, 0.25) is 0 Å². The summed E-state index contributed by atoms with van der Waals surface area (Å²) in [5.74, 6) is 0. The number of aromatic nitrogens is 1. The van der Waals surface area contributed by atoms with Gasteiger partial charge in [-0.1, -0.05) is 30.3 Å². The molecule has 3 nitrogen and oxygen atoms in total. The minimum absolute atomic E-state index is 0. The minimum Gasteiger partial charge on any atom is -0.314 e. The van der Waals surface area contributed by atoms with Crippen molar-refractivity contribution in [3.8, 4) is 10.4 Å². The van der Waals surface area contributed by atoms with Gasteiger partial charge >= 0.3 is 0 Å². The van der Waals surface area contributed by atoms with E-state index in [1.165, 1.54) is 20.9 Å². The lowest BCUT2D eigenvalue weighted by molar-refractivity contribution is 0.155. The third kappa shape index (κ3) is 4.28. The SMILES string of the molecule is Cl.c1ccc(-c2ccc(CN3CCNCC3c3ccncc3)s2)cc1. The third-order valence-electron chi connectivity index (χ3n) is 4.52. The Morgan fingerprint density at radius 2 is 1.84 bits per heavy atom. The van der Waals surface area contributed by atoms with Gasteiger partial charge in [-0.05, 0) is 35.4 Å². The van der Waals surface area contributed by atoms with E-state index < -0.39 is 0 Å². The van der Waals surface area contributed by atoms with Gasteiger partial charge in [0.05, 0.1) is 0 Å². The second kappa shape index (κ2) is 8.59. The van der Waals surface area contributed by atoms with Crippen LogP contribution < -0.4 is 5.32 Å². The molecule has 3 heterocycles. The summed E-state index contributed by atoms with van der Waals surface area (Å²) >= 11 is 1.90. The summed E-state index contributed by atoms with van der Waals surface area (Å²) in [6, 6.07) is 19.8. The van der Waals surface area contributed by atoms with Gasteiger partial charge in [0.15, 0.2) is 0 Å². The maximum Gasteiger partial charge on any atom is 0.0478 e. The zero-order chi connectivity index (χ0) is 16.2. The predicted octanol–water partition coefficient (Wildman–Crippen LogP) is 4.38. The molecular formula is C20H22ClN3S. The quantitative estimate of drug-likeness (QED) is 0.737. The van der Waals surface area contributed by atoms with E-state index in [1.54, 1.807) is 0 Å². The van der Waals surface area contributed by atoms with Crippen LogP contribution in [0, 0.1) is 0 Å². The molecule has 4 rings (SSSR count). The molecule has 0 bridgehead atoms. The Bertz CT molecular complexity index is 776. The number of pyridine rings is 1. The predicted molar refractivity (Wildman–Crippen MR) is 107 cm³/mol. The zero-order valence-corrected chi connectivity index (χ0v) is 15.6. The smallest absolute Gasteiger partial charge is 0.0478 e. The highest BCUT2D eigenvalue weighted by Gasteiger charge is 2.24. The van der Waals surface area contributed by atoms with Crippen molar-refractivity contribution >= 4 is 23.7 Å². The van der Waals surface area contributed by atoms with Crippen LogP contribution in [0.25, 0.3) is 10.4 Å². The molecule has 1 aliphatic rings. The fraction of sp³-hybridized carbons (Fsp3) is 0.250. The molecular weight excluding hydrogens is 350 g/mol. The average molecular weight is 372 g/mol. The van der Waals surface area contributed by atoms with Crippen molar-refractivity contribution in [3.63, 3.8) is 0 Å². The second-order valence-corrected chi connectivity index (χ2v) is 7.27. The van der Waals surface area contributed by atoms with Crippen LogP contribution in [0.15, 0.2) is 67.0 Å². The molecule has 1 fully saturated rings. The number of thiophene rings is 1. The Morgan fingerprint density at radius 1 is 1.04 bits per heavy atom. The maximum absolute atomic E-state index is 4.15. The number of benzene rings is 1. The number of rotatable bonds is 4. The third-order valence-corrected chi connectivity index (χ3v) is 5.64. The molecule has 3 aromatic rings. The van der Waals surface area contributed by atoms with Crippen LogP contribution in [-0.4, -0.2) is 29.5 Å². The highest BCUT2D eigenvalue weighted by atomic mass is 35.5. The topological polar surface area (TPSA) is 28.2 Å². The van der Waals surface area contributed by atoms with E-state index in [-0.39, 0.29) is 12.4 Å². The van der Waals surface area contributed by atoms with Gasteiger partial charge in [-0.25, -0.2) is 0 Å². The van der Waals surface area contributed by atoms with E-state index in [4.69, 9.17) is 0 Å². The molecule has 0 radical (unpaired) electrons. The normalized spacial score (nSPS) is 17.8. The van der Waals surface area contributed by atoms with Gasteiger partial charge in [-0.15, -0.1) is 23.7 Å². The maximum atomic E-state index is 4.15. The molecule has 0 aliphatic carbocycles. The molecule has 1 saturated heterocycles. The van der Waals surface area contributed by atoms with Crippen LogP contribution in [0.5, 0.6) is 0 Å². The fourth-order valence-corrected chi connectivity index (χ4v) is 4.31. The average Bonchev–Trinajstić information content (AvgIpc) is 3.12. The molecule has 5 heteroatoms. The monoisotopic (exact) mass is 371 g/mol. The first-order chi connectivity index (χ1) is 11.9. The van der Waals surface area contributed by atoms with Crippen molar-refractivity contribution in [2.24, 2.45) is 0 Å². The summed E-state index contributed by atoms with van der Waals surface area (Å²) in [4.78, 5) is 9.50. The van der Waals surface area contributed by atoms with Crippen LogP contribution in [0.4, 0.5) is 0 Å². The number of halogens is 1. The Morgan fingerprint density at radius 3 is 2.64 bits per heavy atom. The molecule has 1 N–H and O–H groups in total. The van der Waals surface area contributed by atoms with Gasteiger partial charge in [-0.2, -0.15) is 0 Å². The lowest BCUT2D eigenvalue weighted by Crippen LogP contribution is -2.45. The van der Waals surface area contributed by atoms with Crippen LogP contribution in [0.3, 0.4) is 0 Å². The Kier molecular flexibility index (Phi) is 6.21. The number of hydrogen-bond donors (Lipinski definition) is 1. The summed E-state index contributed by atoms with van der Waals surface area (Å²) < 4.78 is 0. The van der Waals surface area contributed by atoms with Crippen molar-refractivity contribution in [1.82, 2.24) is 15.2 Å². The van der Waals surface area contributed by atoms with Gasteiger partial charge < -0.3 is 5.32 Å². The summed E-state index contributed by atoms with van der Waals surface area (Å²) in [6.45, 7) is 4.14. The summed E-state index contributed by atoms with van der Waals surface area (Å²) in [6.07, 6.45) is 3.78. The van der Waals surface area contributed by atoms with E-state index >= 15 is 0 Å². The minimum atomic E-state index is 0. The number of nitrogens with zero attached hydrogens (tertiary/aromatic N) is 2. The van der Waals surface area contributed by atoms with Gasteiger partial charge in [-0.3, -0.25) is 9.88 Å². The van der Waals surface area contributed by atoms with E-state index in [0.717, 1.165) is 26.2 Å². The van der Waals surface area contributed by atoms with Crippen LogP contribution in [-0.2, 0) is 6.54 Å². The van der Waals surface area contributed by atoms with Crippen LogP contribution in [0.1, 0.15) is 16.5 Å². The van der Waals surface area contributed by atoms with Crippen molar-refractivity contribution in [2.45, 2.75) is 12.6 Å². The Hall–Kier alpha value is -1.72. The van der Waals surface area contributed by atoms with Crippen LogP contribution >= 0.6 is 23.7 Å². The highest BCUT2D eigenvalue weighted by molar-refractivity contribution is 7.15. The van der Waals surface area contributed by atoms with Crippen molar-refractivity contribution < 1.29 is 0 Å². The first-order valence-corrected chi connectivity index (χ1v) is 9.20. The molecule has 0 amide bonds. The first-order valence-electron chi connectivity index (χ1n) is 8.39. The number of nitrogens with one attached hydrogen (secondary N) is 1. The Labute approximate surface area is 159 Å². The zero-order valence-electron chi connectivity index (χ0n) is 14.0. The van der Waals surface area contributed by atoms with E-state index in [2.05, 4.69) is 69.8 Å². The summed E-state index contributed by atoms with van der Waals surface area (Å²) in [7, 11) is 0. The largest absolute Gasteiger partial charge is 0.314 e. The molecule has 2 aromatic heterocycles. The van der Waals surface area contributed by atoms with E-state index in [9.17, 15) is 0 Å². The molecule has 1 aromatic carbocycles. The number of hydrogen-bond acceptors (Lipinski definition) is 4. The summed E-state index contributed by atoms with van der Waals surface area (Å²) in [5.41, 5.74) is 2.65. The van der Waals surface area contributed by atoms with Gasteiger partial charge in [0, 0.05) is 54.4 Å². The lowest BCUT2D eigenvalue weighted by atomic mass is 10.0. The van der Waals surface area contributed by atoms with Gasteiger partial charge in [0.1, 0.15) is 0 Å². The molecule has 1 atom stereocenters. The Balaban J connectivity index is 0.00000182. The second-order valence-electron chi connectivity index (χ2n) is 6.10. The van der Waals surface area contributed by atoms with Crippen molar-refractivity contribution in [3.05, 3.63) is 77.4 Å². The molecule has 1 aliphatic heterocycles. The van der Waals surface area contributed by atoms with Crippen molar-refractivity contribution in [1.29, 1.82) is 0 Å². The number of piperazine rings is 1. The van der Waals surface area contributed by atoms with Crippen molar-refractivity contribution in [2.75, 3.05) is 19.6 Å². The molecule has 1 unspecified atom stereocenters. The molecule has 0 saturated carbocycles. The fourth-order valence-electron chi connectivity index (χ4n) is 3.27. The first kappa shape index (κ1) is 18.1. The van der Waals surface area contributed by atoms with E-state index in [1.807, 2.05) is 23.7 Å². The highest BCUT2D eigenvalue weighted by Crippen LogP contribution is 2.31.